The summed E-state index contributed by atoms with van der Waals surface area (Å²) in [5, 5.41) is 14.4. The summed E-state index contributed by atoms with van der Waals surface area (Å²) in [6, 6.07) is 0. The Bertz CT molecular complexity index is 824. The van der Waals surface area contributed by atoms with Crippen molar-refractivity contribution in [2.24, 2.45) is 23.2 Å². The Morgan fingerprint density at radius 3 is 2.45 bits per heavy atom. The van der Waals surface area contributed by atoms with Gasteiger partial charge in [0.05, 0.1) is 18.3 Å². The summed E-state index contributed by atoms with van der Waals surface area (Å²) in [4.78, 5) is 21.7. The second-order valence-electron chi connectivity index (χ2n) is 10.2. The van der Waals surface area contributed by atoms with Crippen molar-refractivity contribution in [3.8, 4) is 0 Å². The number of hydrogen-bond donors (Lipinski definition) is 2. The van der Waals surface area contributed by atoms with Gasteiger partial charge < -0.3 is 15.3 Å². The highest BCUT2D eigenvalue weighted by Crippen LogP contribution is 2.61. The van der Waals surface area contributed by atoms with Crippen molar-refractivity contribution in [1.29, 1.82) is 0 Å². The second-order valence-corrected chi connectivity index (χ2v) is 10.2. The van der Waals surface area contributed by atoms with Gasteiger partial charge >= 0.3 is 6.18 Å². The van der Waals surface area contributed by atoms with E-state index < -0.39 is 24.6 Å². The van der Waals surface area contributed by atoms with Gasteiger partial charge in [-0.15, -0.1) is 0 Å². The molecule has 2 N–H and O–H groups in total. The van der Waals surface area contributed by atoms with Crippen LogP contribution in [0.3, 0.4) is 0 Å². The standard InChI is InChI=1S/C22H29F3N4O2/c23-22(24,25)9-19(31)29-2-1-16-17(11-29)27-12-28-20(16)26-10-18(30)21-6-13-3-14(7-21)5-15(4-13)8-21/h12-15,18,30H,1-11H2,(H,26,27,28). The average Bonchev–Trinajstić information content (AvgIpc) is 2.69. The van der Waals surface area contributed by atoms with E-state index in [-0.39, 0.29) is 18.5 Å². The highest BCUT2D eigenvalue weighted by molar-refractivity contribution is 5.77. The monoisotopic (exact) mass is 438 g/mol. The number of alkyl halides is 3. The number of rotatable bonds is 5. The molecular formula is C22H29F3N4O2. The molecule has 0 saturated heterocycles. The second kappa shape index (κ2) is 7.60. The molecule has 6 rings (SSSR count). The van der Waals surface area contributed by atoms with Crippen LogP contribution in [0.1, 0.15) is 56.2 Å². The molecule has 1 atom stereocenters. The lowest BCUT2D eigenvalue weighted by Gasteiger charge is -2.58. The molecular weight excluding hydrogens is 409 g/mol. The fraction of sp³-hybridized carbons (Fsp3) is 0.773. The zero-order chi connectivity index (χ0) is 21.8. The molecule has 0 spiro atoms. The predicted octanol–water partition coefficient (Wildman–Crippen LogP) is 3.30. The van der Waals surface area contributed by atoms with Crippen molar-refractivity contribution in [2.45, 2.75) is 70.2 Å². The van der Waals surface area contributed by atoms with Crippen molar-refractivity contribution in [2.75, 3.05) is 18.4 Å². The van der Waals surface area contributed by atoms with Crippen LogP contribution < -0.4 is 5.32 Å². The van der Waals surface area contributed by atoms with Crippen molar-refractivity contribution < 1.29 is 23.1 Å². The molecule has 1 aliphatic heterocycles. The first-order valence-corrected chi connectivity index (χ1v) is 11.3. The third kappa shape index (κ3) is 4.13. The summed E-state index contributed by atoms with van der Waals surface area (Å²) in [6.45, 7) is 0.673. The minimum atomic E-state index is -4.51. The molecule has 170 valence electrons. The number of carbonyl (C=O) groups is 1. The van der Waals surface area contributed by atoms with Gasteiger partial charge in [-0.25, -0.2) is 9.97 Å². The maximum absolute atomic E-state index is 12.6. The maximum atomic E-state index is 12.6. The van der Waals surface area contributed by atoms with Gasteiger partial charge in [0.15, 0.2) is 0 Å². The van der Waals surface area contributed by atoms with Crippen LogP contribution in [0.15, 0.2) is 6.33 Å². The quantitative estimate of drug-likeness (QED) is 0.738. The Hall–Kier alpha value is -1.90. The van der Waals surface area contributed by atoms with Crippen LogP contribution in [-0.2, 0) is 17.8 Å². The first-order valence-electron chi connectivity index (χ1n) is 11.3. The number of carbonyl (C=O) groups excluding carboxylic acids is 1. The minimum Gasteiger partial charge on any atom is -0.391 e. The number of aromatic nitrogens is 2. The van der Waals surface area contributed by atoms with Crippen LogP contribution in [-0.4, -0.2) is 51.3 Å². The van der Waals surface area contributed by atoms with Gasteiger partial charge in [0.2, 0.25) is 5.91 Å². The summed E-state index contributed by atoms with van der Waals surface area (Å²) in [5.74, 6) is 1.97. The number of hydrogen-bond acceptors (Lipinski definition) is 5. The fourth-order valence-electron chi connectivity index (χ4n) is 7.00. The minimum absolute atomic E-state index is 0.00958. The molecule has 5 aliphatic rings. The van der Waals surface area contributed by atoms with E-state index in [0.717, 1.165) is 42.6 Å². The fourth-order valence-corrected chi connectivity index (χ4v) is 7.00. The lowest BCUT2D eigenvalue weighted by Crippen LogP contribution is -2.53. The van der Waals surface area contributed by atoms with E-state index in [9.17, 15) is 23.1 Å². The number of halogens is 3. The molecule has 4 fully saturated rings. The normalized spacial score (nSPS) is 32.6. The summed E-state index contributed by atoms with van der Waals surface area (Å²) in [6.07, 6.45) is 2.66. The molecule has 1 aromatic heterocycles. The van der Waals surface area contributed by atoms with Gasteiger partial charge in [-0.3, -0.25) is 4.79 Å². The molecule has 0 aromatic carbocycles. The smallest absolute Gasteiger partial charge is 0.391 e. The van der Waals surface area contributed by atoms with E-state index in [1.807, 2.05) is 0 Å². The summed E-state index contributed by atoms with van der Waals surface area (Å²) < 4.78 is 37.7. The van der Waals surface area contributed by atoms with Gasteiger partial charge in [-0.1, -0.05) is 0 Å². The van der Waals surface area contributed by atoms with Crippen LogP contribution >= 0.6 is 0 Å². The highest BCUT2D eigenvalue weighted by Gasteiger charge is 2.53. The number of nitrogens with one attached hydrogen (secondary N) is 1. The van der Waals surface area contributed by atoms with Crippen LogP contribution in [0.25, 0.3) is 0 Å². The van der Waals surface area contributed by atoms with E-state index >= 15 is 0 Å². The zero-order valence-electron chi connectivity index (χ0n) is 17.5. The first-order chi connectivity index (χ1) is 14.7. The lowest BCUT2D eigenvalue weighted by molar-refractivity contribution is -0.162. The van der Waals surface area contributed by atoms with Crippen LogP contribution in [0.2, 0.25) is 0 Å². The summed E-state index contributed by atoms with van der Waals surface area (Å²) in [5.41, 5.74) is 1.41. The number of aliphatic hydroxyl groups excluding tert-OH is 1. The van der Waals surface area contributed by atoms with Crippen LogP contribution in [0.5, 0.6) is 0 Å². The third-order valence-corrected chi connectivity index (χ3v) is 7.97. The van der Waals surface area contributed by atoms with Crippen molar-refractivity contribution in [1.82, 2.24) is 14.9 Å². The number of fused-ring (bicyclic) bond motifs is 1. The van der Waals surface area contributed by atoms with E-state index in [1.165, 1.54) is 30.5 Å². The largest absolute Gasteiger partial charge is 0.397 e. The topological polar surface area (TPSA) is 78.4 Å². The Balaban J connectivity index is 1.24. The molecule has 31 heavy (non-hydrogen) atoms. The van der Waals surface area contributed by atoms with Gasteiger partial charge in [0.25, 0.3) is 0 Å². The van der Waals surface area contributed by atoms with E-state index in [2.05, 4.69) is 15.3 Å². The molecule has 0 radical (unpaired) electrons. The lowest BCUT2D eigenvalue weighted by atomic mass is 9.48. The third-order valence-electron chi connectivity index (χ3n) is 7.97. The van der Waals surface area contributed by atoms with Gasteiger partial charge in [0, 0.05) is 18.7 Å². The van der Waals surface area contributed by atoms with Gasteiger partial charge in [-0.05, 0) is 68.1 Å². The van der Waals surface area contributed by atoms with E-state index in [4.69, 9.17) is 0 Å². The highest BCUT2D eigenvalue weighted by atomic mass is 19.4. The summed E-state index contributed by atoms with van der Waals surface area (Å²) >= 11 is 0. The predicted molar refractivity (Wildman–Crippen MR) is 107 cm³/mol. The number of amides is 1. The molecule has 1 aromatic rings. The molecule has 9 heteroatoms. The Kier molecular flexibility index (Phi) is 5.14. The Morgan fingerprint density at radius 2 is 1.84 bits per heavy atom. The molecule has 4 bridgehead atoms. The molecule has 2 heterocycles. The van der Waals surface area contributed by atoms with Crippen LogP contribution in [0, 0.1) is 23.2 Å². The van der Waals surface area contributed by atoms with Gasteiger partial charge in [0.1, 0.15) is 18.6 Å². The molecule has 4 saturated carbocycles. The maximum Gasteiger partial charge on any atom is 0.397 e. The first kappa shape index (κ1) is 21.0. The van der Waals surface area contributed by atoms with E-state index in [0.29, 0.717) is 24.5 Å². The SMILES string of the molecule is O=C(CC(F)(F)F)N1CCc2c(ncnc2NCC(O)C23CC4CC(CC(C4)C2)C3)C1. The average molecular weight is 438 g/mol. The molecule has 4 aliphatic carbocycles. The van der Waals surface area contributed by atoms with Crippen molar-refractivity contribution >= 4 is 11.7 Å². The van der Waals surface area contributed by atoms with Crippen molar-refractivity contribution in [3.63, 3.8) is 0 Å². The Morgan fingerprint density at radius 1 is 1.19 bits per heavy atom. The zero-order valence-corrected chi connectivity index (χ0v) is 17.5. The number of nitrogens with zero attached hydrogens (tertiary/aromatic N) is 3. The molecule has 1 amide bonds. The number of aliphatic hydroxyl groups is 1. The van der Waals surface area contributed by atoms with E-state index in [1.54, 1.807) is 0 Å². The molecule has 6 nitrogen and oxygen atoms in total. The number of anilines is 1. The molecule has 1 unspecified atom stereocenters. The Labute approximate surface area is 179 Å². The van der Waals surface area contributed by atoms with Crippen LogP contribution in [0.4, 0.5) is 19.0 Å². The summed E-state index contributed by atoms with van der Waals surface area (Å²) in [7, 11) is 0. The van der Waals surface area contributed by atoms with Gasteiger partial charge in [-0.2, -0.15) is 13.2 Å². The van der Waals surface area contributed by atoms with Crippen molar-refractivity contribution in [3.05, 3.63) is 17.6 Å².